The summed E-state index contributed by atoms with van der Waals surface area (Å²) in [5, 5.41) is 18.3. The predicted molar refractivity (Wildman–Crippen MR) is 127 cm³/mol. The van der Waals surface area contributed by atoms with Crippen LogP contribution >= 0.6 is 0 Å². The lowest BCUT2D eigenvalue weighted by Gasteiger charge is -2.37. The summed E-state index contributed by atoms with van der Waals surface area (Å²) in [7, 11) is 0. The van der Waals surface area contributed by atoms with E-state index in [0.29, 0.717) is 19.1 Å². The Morgan fingerprint density at radius 1 is 1.00 bits per heavy atom. The maximum Gasteiger partial charge on any atom is 0.160 e. The van der Waals surface area contributed by atoms with Crippen LogP contribution in [-0.4, -0.2) is 68.1 Å². The fraction of sp³-hybridized carbons (Fsp3) is 0.417. The summed E-state index contributed by atoms with van der Waals surface area (Å²) in [4.78, 5) is 16.6. The van der Waals surface area contributed by atoms with Gasteiger partial charge in [-0.05, 0) is 44.4 Å². The molecule has 9 heteroatoms. The molecule has 170 valence electrons. The van der Waals surface area contributed by atoms with Crippen molar-refractivity contribution < 1.29 is 9.84 Å². The molecule has 1 aromatic carbocycles. The zero-order chi connectivity index (χ0) is 22.5. The Hall–Kier alpha value is -3.30. The number of aryl methyl sites for hydroxylation is 2. The summed E-state index contributed by atoms with van der Waals surface area (Å²) >= 11 is 0. The van der Waals surface area contributed by atoms with E-state index in [1.54, 1.807) is 0 Å². The van der Waals surface area contributed by atoms with Gasteiger partial charge >= 0.3 is 0 Å². The van der Waals surface area contributed by atoms with E-state index in [4.69, 9.17) is 24.8 Å². The molecule has 2 N–H and O–H groups in total. The predicted octanol–water partition coefficient (Wildman–Crippen LogP) is 2.73. The molecule has 0 radical (unpaired) electrons. The average molecular weight is 446 g/mol. The highest BCUT2D eigenvalue weighted by atomic mass is 16.5. The van der Waals surface area contributed by atoms with E-state index in [-0.39, 0.29) is 6.10 Å². The Balaban J connectivity index is 1.45. The van der Waals surface area contributed by atoms with Gasteiger partial charge in [0.1, 0.15) is 23.0 Å². The van der Waals surface area contributed by atoms with E-state index in [1.165, 1.54) is 0 Å². The van der Waals surface area contributed by atoms with Crippen LogP contribution in [0.2, 0.25) is 0 Å². The van der Waals surface area contributed by atoms with Crippen molar-refractivity contribution in [2.45, 2.75) is 38.8 Å². The molecule has 0 bridgehead atoms. The van der Waals surface area contributed by atoms with Crippen LogP contribution < -0.4 is 10.2 Å². The summed E-state index contributed by atoms with van der Waals surface area (Å²) in [6.07, 6.45) is 1.60. The Bertz CT molecular complexity index is 1340. The number of rotatable bonds is 4. The van der Waals surface area contributed by atoms with Crippen molar-refractivity contribution >= 4 is 28.3 Å². The van der Waals surface area contributed by atoms with E-state index in [9.17, 15) is 5.11 Å². The quantitative estimate of drug-likeness (QED) is 0.495. The summed E-state index contributed by atoms with van der Waals surface area (Å²) in [6.45, 7) is 6.72. The van der Waals surface area contributed by atoms with Crippen molar-refractivity contribution in [2.24, 2.45) is 0 Å². The topological polar surface area (TPSA) is 101 Å². The molecular formula is C24H27N7O2. The molecule has 33 heavy (non-hydrogen) atoms. The van der Waals surface area contributed by atoms with Crippen LogP contribution in [0.5, 0.6) is 0 Å². The number of fused-ring (bicyclic) bond motifs is 2. The number of aromatic nitrogens is 5. The maximum absolute atomic E-state index is 9.78. The van der Waals surface area contributed by atoms with Gasteiger partial charge in [-0.25, -0.2) is 15.0 Å². The molecule has 0 spiro atoms. The normalized spacial score (nSPS) is 17.6. The lowest BCUT2D eigenvalue weighted by atomic mass is 10.1. The molecule has 4 aromatic rings. The minimum atomic E-state index is -0.297. The Kier molecular flexibility index (Phi) is 4.88. The molecule has 2 saturated heterocycles. The fourth-order valence-corrected chi connectivity index (χ4v) is 4.53. The van der Waals surface area contributed by atoms with Crippen LogP contribution in [0.3, 0.4) is 0 Å². The minimum absolute atomic E-state index is 0.297. The van der Waals surface area contributed by atoms with Gasteiger partial charge in [0, 0.05) is 44.5 Å². The van der Waals surface area contributed by atoms with Gasteiger partial charge in [0.2, 0.25) is 0 Å². The highest BCUT2D eigenvalue weighted by molar-refractivity contribution is 5.79. The highest BCUT2D eigenvalue weighted by Crippen LogP contribution is 2.29. The van der Waals surface area contributed by atoms with Gasteiger partial charge in [0.25, 0.3) is 0 Å². The third kappa shape index (κ3) is 3.77. The molecule has 0 atom stereocenters. The summed E-state index contributed by atoms with van der Waals surface area (Å²) < 4.78 is 7.37. The Labute approximate surface area is 191 Å². The van der Waals surface area contributed by atoms with Crippen LogP contribution in [0.1, 0.15) is 24.1 Å². The van der Waals surface area contributed by atoms with Crippen molar-refractivity contribution in [3.63, 3.8) is 0 Å². The zero-order valence-corrected chi connectivity index (χ0v) is 18.8. The second kappa shape index (κ2) is 7.93. The molecule has 5 heterocycles. The molecule has 0 saturated carbocycles. The van der Waals surface area contributed by atoms with Gasteiger partial charge in [-0.15, -0.1) is 0 Å². The molecular weight excluding hydrogens is 418 g/mol. The second-order valence-electron chi connectivity index (χ2n) is 9.04. The number of β-amino-alcohol motifs (C(OH)–C–C–N with tert-alkyl or cyclic N) is 1. The molecule has 0 aliphatic carbocycles. The number of hydrogen-bond acceptors (Lipinski definition) is 8. The van der Waals surface area contributed by atoms with Gasteiger partial charge in [0.15, 0.2) is 5.65 Å². The number of ether oxygens (including phenoxy) is 1. The summed E-state index contributed by atoms with van der Waals surface area (Å²) in [5.41, 5.74) is 5.96. The second-order valence-corrected chi connectivity index (χ2v) is 9.04. The van der Waals surface area contributed by atoms with Crippen LogP contribution in [0.25, 0.3) is 28.1 Å². The van der Waals surface area contributed by atoms with Crippen molar-refractivity contribution in [2.75, 3.05) is 36.5 Å². The van der Waals surface area contributed by atoms with Crippen LogP contribution in [0.15, 0.2) is 30.3 Å². The number of nitrogens with one attached hydrogen (secondary N) is 1. The van der Waals surface area contributed by atoms with E-state index >= 15 is 0 Å². The van der Waals surface area contributed by atoms with E-state index in [0.717, 1.165) is 77.0 Å². The number of nitrogens with zero attached hydrogens (tertiary/aromatic N) is 6. The molecule has 2 aliphatic rings. The molecule has 0 amide bonds. The molecule has 9 nitrogen and oxygen atoms in total. The van der Waals surface area contributed by atoms with Crippen molar-refractivity contribution in [3.05, 3.63) is 41.6 Å². The van der Waals surface area contributed by atoms with Gasteiger partial charge in [-0.1, -0.05) is 6.07 Å². The first kappa shape index (κ1) is 20.3. The first-order valence-electron chi connectivity index (χ1n) is 11.5. The molecule has 2 aliphatic heterocycles. The largest absolute Gasteiger partial charge is 0.389 e. The first-order valence-corrected chi connectivity index (χ1v) is 11.5. The van der Waals surface area contributed by atoms with Crippen LogP contribution in [-0.2, 0) is 4.74 Å². The third-order valence-electron chi connectivity index (χ3n) is 6.41. The number of anilines is 2. The van der Waals surface area contributed by atoms with Crippen LogP contribution in [0.4, 0.5) is 11.6 Å². The zero-order valence-electron chi connectivity index (χ0n) is 18.8. The van der Waals surface area contributed by atoms with Crippen LogP contribution in [0, 0.1) is 13.8 Å². The van der Waals surface area contributed by atoms with E-state index in [2.05, 4.69) is 17.1 Å². The number of benzene rings is 1. The van der Waals surface area contributed by atoms with Gasteiger partial charge in [-0.2, -0.15) is 9.61 Å². The lowest BCUT2D eigenvalue weighted by Crippen LogP contribution is -2.51. The van der Waals surface area contributed by atoms with Crippen molar-refractivity contribution in [1.82, 2.24) is 24.6 Å². The SMILES string of the molecule is Cc1ccc2nc(C)c(-c3cc4nc(N5CC(O)C5)cc(NC5CCOCC5)n4n3)nc2c1. The Morgan fingerprint density at radius 2 is 1.82 bits per heavy atom. The molecule has 6 rings (SSSR count). The van der Waals surface area contributed by atoms with E-state index < -0.39 is 0 Å². The average Bonchev–Trinajstić information content (AvgIpc) is 3.22. The molecule has 0 unspecified atom stereocenters. The fourth-order valence-electron chi connectivity index (χ4n) is 4.53. The Morgan fingerprint density at radius 3 is 2.61 bits per heavy atom. The van der Waals surface area contributed by atoms with E-state index in [1.807, 2.05) is 41.8 Å². The standard InChI is InChI=1S/C24H27N7O2/c1-14-3-4-18-19(9-14)27-24(15(2)25-18)20-10-22-28-21(30-12-17(32)13-30)11-23(31(22)29-20)26-16-5-7-33-8-6-16/h3-4,9-11,16-17,26,32H,5-8,12-13H2,1-2H3. The van der Waals surface area contributed by atoms with Crippen molar-refractivity contribution in [3.8, 4) is 11.4 Å². The smallest absolute Gasteiger partial charge is 0.160 e. The summed E-state index contributed by atoms with van der Waals surface area (Å²) in [6, 6.07) is 10.4. The van der Waals surface area contributed by atoms with Gasteiger partial charge in [-0.3, -0.25) is 0 Å². The number of hydrogen-bond donors (Lipinski definition) is 2. The molecule has 2 fully saturated rings. The maximum atomic E-state index is 9.78. The molecule has 3 aromatic heterocycles. The number of aliphatic hydroxyl groups is 1. The summed E-state index contributed by atoms with van der Waals surface area (Å²) in [5.74, 6) is 1.72. The van der Waals surface area contributed by atoms with Crippen molar-refractivity contribution in [1.29, 1.82) is 0 Å². The monoisotopic (exact) mass is 445 g/mol. The minimum Gasteiger partial charge on any atom is -0.389 e. The third-order valence-corrected chi connectivity index (χ3v) is 6.41. The van der Waals surface area contributed by atoms with Gasteiger partial charge < -0.3 is 20.1 Å². The highest BCUT2D eigenvalue weighted by Gasteiger charge is 2.27. The van der Waals surface area contributed by atoms with Gasteiger partial charge in [0.05, 0.1) is 22.8 Å². The lowest BCUT2D eigenvalue weighted by molar-refractivity contribution is 0.0903. The first-order chi connectivity index (χ1) is 16.0. The number of aliphatic hydroxyl groups excluding tert-OH is 1.